The quantitative estimate of drug-likeness (QED) is 0.510. The Bertz CT molecular complexity index is 628. The van der Waals surface area contributed by atoms with E-state index in [1.807, 2.05) is 38.1 Å². The first-order valence-corrected chi connectivity index (χ1v) is 6.33. The molecule has 4 heteroatoms. The summed E-state index contributed by atoms with van der Waals surface area (Å²) in [4.78, 5) is 11.9. The van der Waals surface area contributed by atoms with Gasteiger partial charge in [-0.25, -0.2) is 5.43 Å². The third-order valence-electron chi connectivity index (χ3n) is 2.97. The first kappa shape index (κ1) is 13.8. The number of hydrogen-bond donors (Lipinski definition) is 2. The van der Waals surface area contributed by atoms with E-state index in [4.69, 9.17) is 5.73 Å². The second kappa shape index (κ2) is 6.02. The summed E-state index contributed by atoms with van der Waals surface area (Å²) < 4.78 is 0. The number of hydrogen-bond acceptors (Lipinski definition) is 3. The number of carbonyl (C=O) groups is 1. The predicted molar refractivity (Wildman–Crippen MR) is 81.7 cm³/mol. The molecule has 0 aromatic heterocycles. The van der Waals surface area contributed by atoms with E-state index in [9.17, 15) is 4.79 Å². The van der Waals surface area contributed by atoms with Crippen molar-refractivity contribution >= 4 is 17.3 Å². The summed E-state index contributed by atoms with van der Waals surface area (Å²) in [6.07, 6.45) is 0. The zero-order chi connectivity index (χ0) is 14.5. The van der Waals surface area contributed by atoms with Crippen LogP contribution in [-0.4, -0.2) is 11.6 Å². The predicted octanol–water partition coefficient (Wildman–Crippen LogP) is 2.73. The van der Waals surface area contributed by atoms with E-state index < -0.39 is 0 Å². The maximum Gasteiger partial charge on any atom is 0.271 e. The van der Waals surface area contributed by atoms with Crippen LogP contribution in [0.25, 0.3) is 0 Å². The van der Waals surface area contributed by atoms with Crippen molar-refractivity contribution < 1.29 is 4.79 Å². The van der Waals surface area contributed by atoms with Crippen LogP contribution < -0.4 is 11.2 Å². The molecule has 3 N–H and O–H groups in total. The van der Waals surface area contributed by atoms with E-state index in [1.54, 1.807) is 24.3 Å². The number of amides is 1. The Labute approximate surface area is 118 Å². The molecule has 2 aromatic carbocycles. The molecule has 2 rings (SSSR count). The summed E-state index contributed by atoms with van der Waals surface area (Å²) in [7, 11) is 0. The number of carbonyl (C=O) groups excluding carboxylic acids is 1. The number of nitrogens with two attached hydrogens (primary N) is 1. The molecule has 1 amide bonds. The van der Waals surface area contributed by atoms with Crippen LogP contribution in [0, 0.1) is 6.92 Å². The van der Waals surface area contributed by atoms with Crippen molar-refractivity contribution in [1.82, 2.24) is 5.43 Å². The van der Waals surface area contributed by atoms with Crippen LogP contribution in [0.4, 0.5) is 5.69 Å². The minimum atomic E-state index is -0.222. The second-order valence-electron chi connectivity index (χ2n) is 4.63. The fourth-order valence-electron chi connectivity index (χ4n) is 1.69. The molecule has 0 saturated carbocycles. The molecular formula is C16H17N3O. The summed E-state index contributed by atoms with van der Waals surface area (Å²) in [5.74, 6) is -0.222. The molecule has 0 unspecified atom stereocenters. The van der Waals surface area contributed by atoms with Gasteiger partial charge in [0.05, 0.1) is 5.71 Å². The van der Waals surface area contributed by atoms with Crippen LogP contribution in [0.15, 0.2) is 53.6 Å². The van der Waals surface area contributed by atoms with Crippen LogP contribution in [0.1, 0.15) is 28.4 Å². The summed E-state index contributed by atoms with van der Waals surface area (Å²) in [5.41, 5.74) is 12.2. The number of nitrogen functional groups attached to an aromatic ring is 1. The molecule has 0 aliphatic rings. The first-order valence-electron chi connectivity index (χ1n) is 6.33. The molecule has 0 heterocycles. The number of hydrazone groups is 1. The van der Waals surface area contributed by atoms with Crippen molar-refractivity contribution in [3.63, 3.8) is 0 Å². The van der Waals surface area contributed by atoms with E-state index in [2.05, 4.69) is 10.5 Å². The minimum absolute atomic E-state index is 0.222. The molecule has 0 aliphatic carbocycles. The van der Waals surface area contributed by atoms with E-state index in [0.29, 0.717) is 11.3 Å². The van der Waals surface area contributed by atoms with Crippen LogP contribution in [0.5, 0.6) is 0 Å². The van der Waals surface area contributed by atoms with Gasteiger partial charge in [-0.05, 0) is 43.7 Å². The Morgan fingerprint density at radius 3 is 2.15 bits per heavy atom. The van der Waals surface area contributed by atoms with E-state index in [-0.39, 0.29) is 5.91 Å². The van der Waals surface area contributed by atoms with Gasteiger partial charge in [0.2, 0.25) is 0 Å². The molecular weight excluding hydrogens is 250 g/mol. The van der Waals surface area contributed by atoms with Gasteiger partial charge >= 0.3 is 0 Å². The molecule has 0 atom stereocenters. The molecule has 102 valence electrons. The normalized spacial score (nSPS) is 11.2. The number of anilines is 1. The zero-order valence-corrected chi connectivity index (χ0v) is 11.6. The maximum atomic E-state index is 11.9. The van der Waals surface area contributed by atoms with Gasteiger partial charge in [-0.1, -0.05) is 29.8 Å². The van der Waals surface area contributed by atoms with E-state index >= 15 is 0 Å². The maximum absolute atomic E-state index is 11.9. The highest BCUT2D eigenvalue weighted by Gasteiger charge is 2.04. The zero-order valence-electron chi connectivity index (χ0n) is 11.6. The summed E-state index contributed by atoms with van der Waals surface area (Å²) in [6, 6.07) is 14.7. The molecule has 2 aromatic rings. The van der Waals surface area contributed by atoms with Gasteiger partial charge in [0.15, 0.2) is 0 Å². The number of nitrogens with zero attached hydrogens (tertiary/aromatic N) is 1. The monoisotopic (exact) mass is 267 g/mol. The number of nitrogens with one attached hydrogen (secondary N) is 1. The molecule has 0 radical (unpaired) electrons. The van der Waals surface area contributed by atoms with Crippen molar-refractivity contribution in [3.8, 4) is 0 Å². The molecule has 4 nitrogen and oxygen atoms in total. The largest absolute Gasteiger partial charge is 0.399 e. The fourth-order valence-corrected chi connectivity index (χ4v) is 1.69. The average Bonchev–Trinajstić information content (AvgIpc) is 2.46. The Kier molecular flexibility index (Phi) is 4.15. The van der Waals surface area contributed by atoms with Gasteiger partial charge in [0.1, 0.15) is 0 Å². The van der Waals surface area contributed by atoms with Crippen molar-refractivity contribution in [1.29, 1.82) is 0 Å². The molecule has 0 bridgehead atoms. The summed E-state index contributed by atoms with van der Waals surface area (Å²) in [6.45, 7) is 3.81. The molecule has 0 spiro atoms. The lowest BCUT2D eigenvalue weighted by atomic mass is 10.1. The molecule has 20 heavy (non-hydrogen) atoms. The van der Waals surface area contributed by atoms with Gasteiger partial charge in [-0.2, -0.15) is 5.10 Å². The fraction of sp³-hybridized carbons (Fsp3) is 0.125. The number of aryl methyl sites for hydroxylation is 1. The van der Waals surface area contributed by atoms with E-state index in [1.165, 1.54) is 0 Å². The molecule has 0 aliphatic heterocycles. The van der Waals surface area contributed by atoms with Crippen molar-refractivity contribution in [3.05, 3.63) is 65.2 Å². The topological polar surface area (TPSA) is 67.5 Å². The summed E-state index contributed by atoms with van der Waals surface area (Å²) >= 11 is 0. The van der Waals surface area contributed by atoms with E-state index in [0.717, 1.165) is 16.8 Å². The second-order valence-corrected chi connectivity index (χ2v) is 4.63. The smallest absolute Gasteiger partial charge is 0.271 e. The molecule has 0 saturated heterocycles. The summed E-state index contributed by atoms with van der Waals surface area (Å²) in [5, 5.41) is 4.10. The standard InChI is InChI=1S/C16H17N3O/c1-11-3-5-14(6-4-11)16(20)19-18-12(2)13-7-9-15(17)10-8-13/h3-10H,17H2,1-2H3,(H,19,20)/b18-12+. The average molecular weight is 267 g/mol. The van der Waals surface area contributed by atoms with Gasteiger partial charge < -0.3 is 5.73 Å². The van der Waals surface area contributed by atoms with Crippen molar-refractivity contribution in [2.45, 2.75) is 13.8 Å². The number of benzene rings is 2. The molecule has 0 fully saturated rings. The Hall–Kier alpha value is -2.62. The Morgan fingerprint density at radius 1 is 1.00 bits per heavy atom. The van der Waals surface area contributed by atoms with Gasteiger partial charge in [-0.15, -0.1) is 0 Å². The number of rotatable bonds is 3. The third kappa shape index (κ3) is 3.45. The van der Waals surface area contributed by atoms with Crippen LogP contribution in [0.2, 0.25) is 0 Å². The van der Waals surface area contributed by atoms with Gasteiger partial charge in [0, 0.05) is 11.3 Å². The lowest BCUT2D eigenvalue weighted by Crippen LogP contribution is -2.19. The van der Waals surface area contributed by atoms with Crippen LogP contribution in [-0.2, 0) is 0 Å². The van der Waals surface area contributed by atoms with Crippen molar-refractivity contribution in [2.75, 3.05) is 5.73 Å². The SMILES string of the molecule is C/C(=N\NC(=O)c1ccc(C)cc1)c1ccc(N)cc1. The lowest BCUT2D eigenvalue weighted by molar-refractivity contribution is 0.0955. The third-order valence-corrected chi connectivity index (χ3v) is 2.97. The minimum Gasteiger partial charge on any atom is -0.399 e. The van der Waals surface area contributed by atoms with Gasteiger partial charge in [-0.3, -0.25) is 4.79 Å². The Balaban J connectivity index is 2.06. The highest BCUT2D eigenvalue weighted by Crippen LogP contribution is 2.07. The van der Waals surface area contributed by atoms with Crippen LogP contribution >= 0.6 is 0 Å². The van der Waals surface area contributed by atoms with Crippen LogP contribution in [0.3, 0.4) is 0 Å². The van der Waals surface area contributed by atoms with Gasteiger partial charge in [0.25, 0.3) is 5.91 Å². The Morgan fingerprint density at radius 2 is 1.55 bits per heavy atom. The lowest BCUT2D eigenvalue weighted by Gasteiger charge is -2.04. The first-order chi connectivity index (χ1) is 9.56. The highest BCUT2D eigenvalue weighted by molar-refractivity contribution is 6.01. The highest BCUT2D eigenvalue weighted by atomic mass is 16.2. The van der Waals surface area contributed by atoms with Crippen molar-refractivity contribution in [2.24, 2.45) is 5.10 Å².